The molecule has 320 valence electrons. The number of likely N-dealkylation sites (N-methyl/N-ethyl adjacent to an activating group) is 1. The van der Waals surface area contributed by atoms with Crippen LogP contribution in [-0.2, 0) is 30.3 Å². The van der Waals surface area contributed by atoms with Crippen molar-refractivity contribution in [2.75, 3.05) is 33.3 Å². The first-order valence-electron chi connectivity index (χ1n) is 20.3. The van der Waals surface area contributed by atoms with E-state index in [0.29, 0.717) is 45.9 Å². The third-order valence-corrected chi connectivity index (χ3v) is 13.8. The van der Waals surface area contributed by atoms with E-state index < -0.39 is 65.3 Å². The molecule has 2 saturated heterocycles. The van der Waals surface area contributed by atoms with Gasteiger partial charge in [-0.25, -0.2) is 4.79 Å². The van der Waals surface area contributed by atoms with Crippen LogP contribution in [0.3, 0.4) is 0 Å². The van der Waals surface area contributed by atoms with Crippen molar-refractivity contribution in [2.45, 2.75) is 88.6 Å². The minimum atomic E-state index is -1.17. The summed E-state index contributed by atoms with van der Waals surface area (Å²) >= 11 is 1.34. The molecule has 2 unspecified atom stereocenters. The number of aromatic hydroxyl groups is 1. The molecule has 4 bridgehead atoms. The number of nitriles is 1. The topological polar surface area (TPSA) is 189 Å². The minimum Gasteiger partial charge on any atom is -0.504 e. The Bertz CT molecular complexity index is 2370. The molecule has 0 saturated carbocycles. The predicted molar refractivity (Wildman–Crippen MR) is 224 cm³/mol. The molecule has 3 N–H and O–H groups in total. The van der Waals surface area contributed by atoms with Gasteiger partial charge in [-0.3, -0.25) is 24.2 Å². The van der Waals surface area contributed by atoms with Crippen molar-refractivity contribution in [1.82, 2.24) is 20.4 Å². The van der Waals surface area contributed by atoms with Crippen molar-refractivity contribution in [3.63, 3.8) is 0 Å². The molecule has 6 aliphatic rings. The first kappa shape index (κ1) is 42.0. The first-order chi connectivity index (χ1) is 29.2. The van der Waals surface area contributed by atoms with Crippen LogP contribution in [0.15, 0.2) is 42.5 Å². The summed E-state index contributed by atoms with van der Waals surface area (Å²) in [5, 5.41) is 28.1. The van der Waals surface area contributed by atoms with Crippen LogP contribution in [0.5, 0.6) is 28.7 Å². The predicted octanol–water partition coefficient (Wildman–Crippen LogP) is 4.57. The number of hydrogen-bond donors (Lipinski definition) is 3. The lowest BCUT2D eigenvalue weighted by Crippen LogP contribution is -2.69. The largest absolute Gasteiger partial charge is 0.504 e. The van der Waals surface area contributed by atoms with Crippen LogP contribution in [0.25, 0.3) is 6.08 Å². The lowest BCUT2D eigenvalue weighted by molar-refractivity contribution is -0.152. The van der Waals surface area contributed by atoms with Crippen LogP contribution in [0.4, 0.5) is 0 Å². The number of esters is 2. The van der Waals surface area contributed by atoms with Crippen LogP contribution in [0, 0.1) is 31.1 Å². The lowest BCUT2D eigenvalue weighted by Gasteiger charge is -2.61. The maximum atomic E-state index is 14.2. The number of phenolic OH excluding ortho intramolecular Hbond substituents is 1. The van der Waals surface area contributed by atoms with Crippen molar-refractivity contribution >= 4 is 41.6 Å². The number of carbonyl (C=O) groups excluding carboxylic acids is 4. The molecule has 0 spiro atoms. The molecule has 9 rings (SSSR count). The lowest BCUT2D eigenvalue weighted by atomic mass is 9.71. The van der Waals surface area contributed by atoms with E-state index in [-0.39, 0.29) is 42.6 Å². The highest BCUT2D eigenvalue weighted by molar-refractivity contribution is 7.99. The van der Waals surface area contributed by atoms with Gasteiger partial charge in [0.2, 0.25) is 18.6 Å². The van der Waals surface area contributed by atoms with E-state index in [2.05, 4.69) is 26.5 Å². The molecule has 6 aliphatic heterocycles. The van der Waals surface area contributed by atoms with Crippen molar-refractivity contribution in [1.29, 1.82) is 5.26 Å². The Morgan fingerprint density at radius 2 is 1.80 bits per heavy atom. The quantitative estimate of drug-likeness (QED) is 0.162. The van der Waals surface area contributed by atoms with E-state index in [4.69, 9.17) is 23.7 Å². The van der Waals surface area contributed by atoms with Gasteiger partial charge in [0.25, 0.3) is 0 Å². The van der Waals surface area contributed by atoms with Gasteiger partial charge in [0, 0.05) is 53.1 Å². The molecule has 3 aromatic carbocycles. The molecular formula is C45H49N5O10S. The van der Waals surface area contributed by atoms with Gasteiger partial charge < -0.3 is 39.4 Å². The van der Waals surface area contributed by atoms with Crippen LogP contribution in [0.1, 0.15) is 77.0 Å². The summed E-state index contributed by atoms with van der Waals surface area (Å²) in [6.07, 6.45) is 3.46. The van der Waals surface area contributed by atoms with E-state index in [1.807, 2.05) is 50.4 Å². The Hall–Kier alpha value is -5.76. The van der Waals surface area contributed by atoms with E-state index >= 15 is 0 Å². The number of hydrogen-bond acceptors (Lipinski definition) is 14. The van der Waals surface area contributed by atoms with Crippen molar-refractivity contribution in [3.05, 3.63) is 81.4 Å². The highest BCUT2D eigenvalue weighted by Crippen LogP contribution is 2.64. The highest BCUT2D eigenvalue weighted by atomic mass is 32.2. The Labute approximate surface area is 358 Å². The monoisotopic (exact) mass is 851 g/mol. The number of nitrogens with zero attached hydrogens (tertiary/aromatic N) is 3. The van der Waals surface area contributed by atoms with E-state index in [1.54, 1.807) is 26.8 Å². The van der Waals surface area contributed by atoms with Gasteiger partial charge in [0.15, 0.2) is 23.0 Å². The molecule has 2 amide bonds. The molecule has 0 aliphatic carbocycles. The number of amides is 2. The Morgan fingerprint density at radius 1 is 1.07 bits per heavy atom. The summed E-state index contributed by atoms with van der Waals surface area (Å²) in [6.45, 7) is 8.20. The number of fused-ring (bicyclic) bond motifs is 10. The summed E-state index contributed by atoms with van der Waals surface area (Å²) in [7, 11) is 3.46. The zero-order chi connectivity index (χ0) is 43.4. The van der Waals surface area contributed by atoms with Crippen molar-refractivity contribution in [3.8, 4) is 34.8 Å². The highest BCUT2D eigenvalue weighted by Gasteiger charge is 2.61. The van der Waals surface area contributed by atoms with E-state index in [0.717, 1.165) is 16.7 Å². The number of nitrogens with one attached hydrogen (secondary N) is 2. The number of methoxy groups -OCH3 is 1. The van der Waals surface area contributed by atoms with Gasteiger partial charge in [-0.2, -0.15) is 5.26 Å². The number of thioether (sulfide) groups is 1. The summed E-state index contributed by atoms with van der Waals surface area (Å²) < 4.78 is 30.1. The van der Waals surface area contributed by atoms with Gasteiger partial charge in [-0.05, 0) is 56.0 Å². The fraction of sp³-hybridized carbons (Fsp3) is 0.444. The number of phenols is 1. The Balaban J connectivity index is 1.23. The van der Waals surface area contributed by atoms with E-state index in [9.17, 15) is 29.5 Å². The number of aryl methyl sites for hydroxylation is 1. The van der Waals surface area contributed by atoms with Gasteiger partial charge in [0.1, 0.15) is 30.5 Å². The molecule has 15 nitrogen and oxygen atoms in total. The number of rotatable bonds is 8. The summed E-state index contributed by atoms with van der Waals surface area (Å²) in [5.74, 6) is -1.25. The molecular weight excluding hydrogens is 803 g/mol. The normalized spacial score (nSPS) is 25.7. The molecule has 0 radical (unpaired) electrons. The maximum absolute atomic E-state index is 14.2. The molecule has 6 heterocycles. The molecule has 16 heteroatoms. The minimum absolute atomic E-state index is 0.000353. The average molecular weight is 852 g/mol. The van der Waals surface area contributed by atoms with Gasteiger partial charge in [-0.15, -0.1) is 11.8 Å². The molecule has 8 atom stereocenters. The molecule has 0 aromatic heterocycles. The van der Waals surface area contributed by atoms with Gasteiger partial charge in [-0.1, -0.05) is 50.2 Å². The Morgan fingerprint density at radius 3 is 2.49 bits per heavy atom. The molecule has 3 aromatic rings. The third-order valence-electron chi connectivity index (χ3n) is 12.4. The number of piperazine rings is 1. The second-order valence-corrected chi connectivity index (χ2v) is 17.6. The Kier molecular flexibility index (Phi) is 11.4. The smallest absolute Gasteiger partial charge is 0.329 e. The summed E-state index contributed by atoms with van der Waals surface area (Å²) in [6, 6.07) is 8.69. The molecule has 61 heavy (non-hydrogen) atoms. The van der Waals surface area contributed by atoms with Crippen LogP contribution < -0.4 is 29.6 Å². The zero-order valence-corrected chi connectivity index (χ0v) is 35.8. The van der Waals surface area contributed by atoms with Crippen LogP contribution in [-0.4, -0.2) is 102 Å². The first-order valence-corrected chi connectivity index (χ1v) is 21.3. The number of carbonyl (C=O) groups is 4. The maximum Gasteiger partial charge on any atom is 0.329 e. The van der Waals surface area contributed by atoms with Crippen molar-refractivity contribution < 1.29 is 48.0 Å². The standard InChI is InChI=1S/C45H49N5O10S/c1-21(2)35(48-31(52)14-13-25-11-9-8-10-12-25)44(54)47-27-19-61-43-34-33(42-41(58-20-59-42)23(4)40(34)60-24(5)51)30(18-57-45(27)55)50-29(17-46)28-16-26-15-22(3)39(56-7)38(53)32(26)36(37(43)50)49(28)6/h8-15,21,27-30,35-37,43,53H,16,18-20H2,1-7H3,(H,47,54)(H,48,52)/t27-,28-,29-,30-,35?,36+,37?,43+/m0/s1. The van der Waals surface area contributed by atoms with Gasteiger partial charge >= 0.3 is 11.9 Å². The number of ether oxygens (including phenoxy) is 5. The van der Waals surface area contributed by atoms with Crippen molar-refractivity contribution in [2.24, 2.45) is 5.92 Å². The van der Waals surface area contributed by atoms with Gasteiger partial charge in [0.05, 0.1) is 30.5 Å². The zero-order valence-electron chi connectivity index (χ0n) is 35.0. The second-order valence-electron chi connectivity index (χ2n) is 16.4. The third kappa shape index (κ3) is 7.21. The fourth-order valence-electron chi connectivity index (χ4n) is 9.80. The average Bonchev–Trinajstić information content (AvgIpc) is 3.72. The SMILES string of the molecule is COc1c(C)cc2c(c1O)[C@@H]1C3[C@@H]4SC[C@H](NC(=O)C(NC(=O)C=Cc5ccccc5)C(C)C)C(=O)OC[C@@H](c5c6c(c(C)c(OC(C)=O)c54)OCO6)N3[C@@H](C#N)[C@H](C2)N1C. The summed E-state index contributed by atoms with van der Waals surface area (Å²) in [4.78, 5) is 58.5. The fourth-order valence-corrected chi connectivity index (χ4v) is 11.3. The van der Waals surface area contributed by atoms with E-state index in [1.165, 1.54) is 31.9 Å². The number of benzene rings is 3. The summed E-state index contributed by atoms with van der Waals surface area (Å²) in [5.41, 5.74) is 4.85. The second kappa shape index (κ2) is 16.6. The molecule has 2 fully saturated rings. The van der Waals surface area contributed by atoms with Crippen LogP contribution >= 0.6 is 11.8 Å². The van der Waals surface area contributed by atoms with Crippen LogP contribution in [0.2, 0.25) is 0 Å².